The lowest BCUT2D eigenvalue weighted by Gasteiger charge is -2.40. The van der Waals surface area contributed by atoms with Crippen molar-refractivity contribution >= 4 is 10.2 Å². The Morgan fingerprint density at radius 1 is 1.12 bits per heavy atom. The Kier molecular flexibility index (Phi) is 6.56. The highest BCUT2D eigenvalue weighted by molar-refractivity contribution is 7.87. The molecule has 6 nitrogen and oxygen atoms in total. The summed E-state index contributed by atoms with van der Waals surface area (Å²) in [6.45, 7) is 5.48. The quantitative estimate of drug-likeness (QED) is 0.732. The van der Waals surface area contributed by atoms with Gasteiger partial charge in [0.1, 0.15) is 0 Å². The maximum Gasteiger partial charge on any atom is 0.280 e. The van der Waals surface area contributed by atoms with Crippen molar-refractivity contribution in [3.05, 3.63) is 24.3 Å². The second kappa shape index (κ2) is 8.52. The molecule has 0 saturated carbocycles. The number of piperidine rings is 2. The fourth-order valence-corrected chi connectivity index (χ4v) is 6.04. The molecule has 3 rings (SSSR count). The Bertz CT molecular complexity index is 624. The van der Waals surface area contributed by atoms with E-state index in [-0.39, 0.29) is 18.5 Å². The molecule has 0 aromatic carbocycles. The van der Waals surface area contributed by atoms with Crippen LogP contribution in [-0.2, 0) is 10.2 Å². The number of aliphatic hydroxyl groups excluding tert-OH is 1. The van der Waals surface area contributed by atoms with Crippen molar-refractivity contribution < 1.29 is 13.5 Å². The summed E-state index contributed by atoms with van der Waals surface area (Å²) in [6, 6.07) is 0.768. The predicted octanol–water partition coefficient (Wildman–Crippen LogP) is 1.65. The number of hydrogen-bond acceptors (Lipinski definition) is 4. The largest absolute Gasteiger partial charge is 0.390 e. The molecule has 2 heterocycles. The highest BCUT2D eigenvalue weighted by Crippen LogP contribution is 2.29. The Hall–Kier alpha value is -0.730. The molecule has 0 aromatic heterocycles. The van der Waals surface area contributed by atoms with E-state index in [0.717, 1.165) is 25.7 Å². The second-order valence-corrected chi connectivity index (χ2v) is 9.72. The van der Waals surface area contributed by atoms with E-state index >= 15 is 0 Å². The molecule has 0 radical (unpaired) electrons. The molecule has 3 aliphatic rings. The van der Waals surface area contributed by atoms with E-state index in [0.29, 0.717) is 25.2 Å². The molecule has 7 heteroatoms. The summed E-state index contributed by atoms with van der Waals surface area (Å²) >= 11 is 0. The van der Waals surface area contributed by atoms with Gasteiger partial charge in [0.15, 0.2) is 0 Å². The maximum absolute atomic E-state index is 12.8. The molecule has 2 aliphatic heterocycles. The van der Waals surface area contributed by atoms with Crippen LogP contribution in [0.2, 0.25) is 0 Å². The van der Waals surface area contributed by atoms with Gasteiger partial charge in [-0.15, -0.1) is 0 Å². The van der Waals surface area contributed by atoms with E-state index in [9.17, 15) is 13.5 Å². The molecule has 0 bridgehead atoms. The molecule has 2 fully saturated rings. The molecular weight excluding hydrogens is 350 g/mol. The number of allylic oxidation sites excluding steroid dienone is 2. The molecule has 2 unspecified atom stereocenters. The summed E-state index contributed by atoms with van der Waals surface area (Å²) in [6.07, 6.45) is 12.7. The Balaban J connectivity index is 1.56. The van der Waals surface area contributed by atoms with Crippen molar-refractivity contribution in [1.29, 1.82) is 0 Å². The monoisotopic (exact) mass is 383 g/mol. The Morgan fingerprint density at radius 3 is 2.54 bits per heavy atom. The average Bonchev–Trinajstić information content (AvgIpc) is 2.63. The SMILES string of the molecule is C[C@@H]1CCC[C@H](C)N1C[C@@H](O)CNS(=O)(=O)N1CCCC2C=CC=CC21. The van der Waals surface area contributed by atoms with Gasteiger partial charge < -0.3 is 5.11 Å². The van der Waals surface area contributed by atoms with Crippen LogP contribution < -0.4 is 4.72 Å². The smallest absolute Gasteiger partial charge is 0.280 e. The summed E-state index contributed by atoms with van der Waals surface area (Å²) in [4.78, 5) is 2.30. The van der Waals surface area contributed by atoms with E-state index in [1.807, 2.05) is 18.2 Å². The fourth-order valence-electron chi connectivity index (χ4n) is 4.56. The summed E-state index contributed by atoms with van der Waals surface area (Å²) in [5, 5.41) is 10.4. The van der Waals surface area contributed by atoms with E-state index in [2.05, 4.69) is 29.5 Å². The maximum atomic E-state index is 12.8. The Morgan fingerprint density at radius 2 is 1.81 bits per heavy atom. The third-order valence-electron chi connectivity index (χ3n) is 6.07. The van der Waals surface area contributed by atoms with Crippen molar-refractivity contribution in [2.24, 2.45) is 5.92 Å². The number of nitrogens with zero attached hydrogens (tertiary/aromatic N) is 2. The summed E-state index contributed by atoms with van der Waals surface area (Å²) in [7, 11) is -3.60. The number of fused-ring (bicyclic) bond motifs is 1. The highest BCUT2D eigenvalue weighted by atomic mass is 32.2. The zero-order valence-electron chi connectivity index (χ0n) is 15.9. The summed E-state index contributed by atoms with van der Waals surface area (Å²) in [5.74, 6) is 0.255. The van der Waals surface area contributed by atoms with Crippen molar-refractivity contribution in [2.45, 2.75) is 70.2 Å². The van der Waals surface area contributed by atoms with E-state index < -0.39 is 16.3 Å². The summed E-state index contributed by atoms with van der Waals surface area (Å²) in [5.41, 5.74) is 0. The van der Waals surface area contributed by atoms with Crippen molar-refractivity contribution in [2.75, 3.05) is 19.6 Å². The van der Waals surface area contributed by atoms with Crippen LogP contribution in [0.3, 0.4) is 0 Å². The first kappa shape index (κ1) is 20.0. The van der Waals surface area contributed by atoms with Crippen molar-refractivity contribution in [3.63, 3.8) is 0 Å². The van der Waals surface area contributed by atoms with Gasteiger partial charge in [-0.2, -0.15) is 17.4 Å². The van der Waals surface area contributed by atoms with E-state index in [1.165, 1.54) is 6.42 Å². The number of aliphatic hydroxyl groups is 1. The zero-order chi connectivity index (χ0) is 18.7. The lowest BCUT2D eigenvalue weighted by Crippen LogP contribution is -2.54. The van der Waals surface area contributed by atoms with Crippen LogP contribution >= 0.6 is 0 Å². The lowest BCUT2D eigenvalue weighted by molar-refractivity contribution is 0.0436. The molecule has 2 saturated heterocycles. The number of β-amino-alcohol motifs (C(OH)–C–C–N with tert-alkyl or cyclic N) is 1. The third kappa shape index (κ3) is 4.57. The van der Waals surface area contributed by atoms with Gasteiger partial charge in [-0.1, -0.05) is 30.7 Å². The fraction of sp³-hybridized carbons (Fsp3) is 0.789. The van der Waals surface area contributed by atoms with Crippen molar-refractivity contribution in [3.8, 4) is 0 Å². The first-order valence-electron chi connectivity index (χ1n) is 9.93. The van der Waals surface area contributed by atoms with Gasteiger partial charge in [0, 0.05) is 31.7 Å². The summed E-state index contributed by atoms with van der Waals surface area (Å²) < 4.78 is 29.8. The van der Waals surface area contributed by atoms with E-state index in [1.54, 1.807) is 4.31 Å². The molecule has 0 spiro atoms. The molecule has 26 heavy (non-hydrogen) atoms. The number of likely N-dealkylation sites (tertiary alicyclic amines) is 1. The van der Waals surface area contributed by atoms with E-state index in [4.69, 9.17) is 0 Å². The molecule has 2 N–H and O–H groups in total. The van der Waals surface area contributed by atoms with Gasteiger partial charge in [-0.3, -0.25) is 4.90 Å². The Labute approximate surface area is 158 Å². The van der Waals surface area contributed by atoms with Gasteiger partial charge in [0.05, 0.1) is 12.1 Å². The topological polar surface area (TPSA) is 72.9 Å². The van der Waals surface area contributed by atoms with Gasteiger partial charge in [-0.25, -0.2) is 0 Å². The molecule has 0 amide bonds. The molecule has 1 aliphatic carbocycles. The standard InChI is InChI=1S/C19H33N3O3S/c1-15-7-5-8-16(2)21(15)14-18(23)13-20-26(24,25)22-12-6-10-17-9-3-4-11-19(17)22/h3-4,9,11,15-20,23H,5-8,10,12-14H2,1-2H3/t15-,16+,17?,18-,19?/m0/s1. The minimum atomic E-state index is -3.60. The molecule has 0 aromatic rings. The van der Waals surface area contributed by atoms with Crippen LogP contribution in [-0.4, -0.2) is 66.6 Å². The number of rotatable bonds is 6. The predicted molar refractivity (Wildman–Crippen MR) is 104 cm³/mol. The number of hydrogen-bond donors (Lipinski definition) is 2. The minimum absolute atomic E-state index is 0.0612. The van der Waals surface area contributed by atoms with Crippen LogP contribution in [0.15, 0.2) is 24.3 Å². The minimum Gasteiger partial charge on any atom is -0.390 e. The first-order chi connectivity index (χ1) is 12.4. The van der Waals surface area contributed by atoms with Crippen LogP contribution in [0.25, 0.3) is 0 Å². The van der Waals surface area contributed by atoms with Gasteiger partial charge >= 0.3 is 0 Å². The molecular formula is C19H33N3O3S. The highest BCUT2D eigenvalue weighted by Gasteiger charge is 2.36. The normalized spacial score (nSPS) is 34.6. The second-order valence-electron chi connectivity index (χ2n) is 8.01. The van der Waals surface area contributed by atoms with Gasteiger partial charge in [-0.05, 0) is 45.4 Å². The zero-order valence-corrected chi connectivity index (χ0v) is 16.7. The average molecular weight is 384 g/mol. The molecule has 5 atom stereocenters. The van der Waals surface area contributed by atoms with Gasteiger partial charge in [0.2, 0.25) is 0 Å². The third-order valence-corrected chi connectivity index (χ3v) is 7.65. The lowest BCUT2D eigenvalue weighted by atomic mass is 9.88. The van der Waals surface area contributed by atoms with Gasteiger partial charge in [0.25, 0.3) is 10.2 Å². The van der Waals surface area contributed by atoms with Crippen molar-refractivity contribution in [1.82, 2.24) is 13.9 Å². The van der Waals surface area contributed by atoms with Crippen LogP contribution in [0.1, 0.15) is 46.0 Å². The van der Waals surface area contributed by atoms with Crippen LogP contribution in [0.4, 0.5) is 0 Å². The molecule has 148 valence electrons. The number of nitrogens with one attached hydrogen (secondary N) is 1. The van der Waals surface area contributed by atoms with Crippen LogP contribution in [0, 0.1) is 5.92 Å². The first-order valence-corrected chi connectivity index (χ1v) is 11.4. The van der Waals surface area contributed by atoms with Crippen LogP contribution in [0.5, 0.6) is 0 Å².